The van der Waals surface area contributed by atoms with E-state index in [-0.39, 0.29) is 22.9 Å². The molecule has 0 aliphatic carbocycles. The molecule has 0 saturated carbocycles. The summed E-state index contributed by atoms with van der Waals surface area (Å²) in [6, 6.07) is 0.930. The topological polar surface area (TPSA) is 46.2 Å². The summed E-state index contributed by atoms with van der Waals surface area (Å²) in [5.41, 5.74) is 0. The summed E-state index contributed by atoms with van der Waals surface area (Å²) in [5.74, 6) is 0. The van der Waals surface area contributed by atoms with Crippen molar-refractivity contribution in [2.75, 3.05) is 0 Å². The molecule has 90 valence electrons. The normalized spacial score (nSPS) is 35.3. The standard InChI is InChI=1S/C10H19NO2S.ClH/c1-7(2)14(12,13)10-5-8-3-4-9(6-10)11-8;/h7-11H,3-6H2,1-2H3;1H. The lowest BCUT2D eigenvalue weighted by atomic mass is 10.1. The molecule has 2 heterocycles. The highest BCUT2D eigenvalue weighted by atomic mass is 35.5. The fourth-order valence-corrected chi connectivity index (χ4v) is 4.43. The number of piperidine rings is 1. The van der Waals surface area contributed by atoms with E-state index in [1.807, 2.05) is 0 Å². The summed E-state index contributed by atoms with van der Waals surface area (Å²) in [4.78, 5) is 0. The monoisotopic (exact) mass is 253 g/mol. The van der Waals surface area contributed by atoms with Crippen molar-refractivity contribution in [2.24, 2.45) is 0 Å². The van der Waals surface area contributed by atoms with Gasteiger partial charge in [0, 0.05) is 12.1 Å². The van der Waals surface area contributed by atoms with Crippen molar-refractivity contribution < 1.29 is 8.42 Å². The summed E-state index contributed by atoms with van der Waals surface area (Å²) in [7, 11) is -2.87. The first-order valence-electron chi connectivity index (χ1n) is 5.49. The van der Waals surface area contributed by atoms with Crippen LogP contribution >= 0.6 is 12.4 Å². The van der Waals surface area contributed by atoms with Crippen molar-refractivity contribution >= 4 is 22.2 Å². The van der Waals surface area contributed by atoms with Gasteiger partial charge < -0.3 is 5.32 Å². The molecule has 2 rings (SSSR count). The molecule has 0 aromatic carbocycles. The third-order valence-corrected chi connectivity index (χ3v) is 6.18. The van der Waals surface area contributed by atoms with Crippen LogP contribution in [0.1, 0.15) is 39.5 Å². The molecule has 2 unspecified atom stereocenters. The van der Waals surface area contributed by atoms with E-state index in [0.717, 1.165) is 25.7 Å². The maximum Gasteiger partial charge on any atom is 0.155 e. The Hall–Kier alpha value is 0.200. The molecule has 15 heavy (non-hydrogen) atoms. The van der Waals surface area contributed by atoms with E-state index in [1.54, 1.807) is 13.8 Å². The van der Waals surface area contributed by atoms with Crippen LogP contribution in [0.3, 0.4) is 0 Å². The Morgan fingerprint density at radius 2 is 1.60 bits per heavy atom. The van der Waals surface area contributed by atoms with Crippen LogP contribution in [0.2, 0.25) is 0 Å². The zero-order valence-corrected chi connectivity index (χ0v) is 10.9. The Morgan fingerprint density at radius 3 is 2.00 bits per heavy atom. The zero-order chi connectivity index (χ0) is 10.3. The highest BCUT2D eigenvalue weighted by Crippen LogP contribution is 2.31. The van der Waals surface area contributed by atoms with Crippen molar-refractivity contribution in [3.05, 3.63) is 0 Å². The minimum Gasteiger partial charge on any atom is -0.311 e. The predicted octanol–water partition coefficient (Wildman–Crippen LogP) is 1.51. The Morgan fingerprint density at radius 1 is 1.13 bits per heavy atom. The molecule has 2 saturated heterocycles. The molecule has 1 N–H and O–H groups in total. The molecule has 5 heteroatoms. The van der Waals surface area contributed by atoms with Gasteiger partial charge in [-0.25, -0.2) is 8.42 Å². The van der Waals surface area contributed by atoms with Gasteiger partial charge in [-0.15, -0.1) is 12.4 Å². The van der Waals surface area contributed by atoms with Crippen LogP contribution in [0.25, 0.3) is 0 Å². The van der Waals surface area contributed by atoms with Crippen LogP contribution in [0, 0.1) is 0 Å². The van der Waals surface area contributed by atoms with Gasteiger partial charge in [-0.2, -0.15) is 0 Å². The first kappa shape index (κ1) is 13.3. The van der Waals surface area contributed by atoms with Crippen molar-refractivity contribution in [2.45, 2.75) is 62.1 Å². The second-order valence-electron chi connectivity index (χ2n) is 4.87. The van der Waals surface area contributed by atoms with E-state index < -0.39 is 9.84 Å². The van der Waals surface area contributed by atoms with Crippen LogP contribution in [0.15, 0.2) is 0 Å². The van der Waals surface area contributed by atoms with E-state index in [0.29, 0.717) is 12.1 Å². The molecular formula is C10H20ClNO2S. The maximum atomic E-state index is 12.0. The molecule has 0 amide bonds. The Kier molecular flexibility index (Phi) is 4.07. The molecule has 0 aromatic heterocycles. The Balaban J connectivity index is 0.00000112. The minimum absolute atomic E-state index is 0. The fourth-order valence-electron chi connectivity index (χ4n) is 2.66. The molecule has 3 nitrogen and oxygen atoms in total. The predicted molar refractivity (Wildman–Crippen MR) is 64.3 cm³/mol. The molecule has 2 aliphatic heterocycles. The Labute approximate surface area is 98.3 Å². The van der Waals surface area contributed by atoms with Gasteiger partial charge in [0.1, 0.15) is 0 Å². The van der Waals surface area contributed by atoms with Gasteiger partial charge in [0.15, 0.2) is 9.84 Å². The van der Waals surface area contributed by atoms with E-state index in [2.05, 4.69) is 5.32 Å². The van der Waals surface area contributed by atoms with Gasteiger partial charge in [-0.3, -0.25) is 0 Å². The molecule has 0 aromatic rings. The summed E-state index contributed by atoms with van der Waals surface area (Å²) < 4.78 is 24.0. The number of halogens is 1. The van der Waals surface area contributed by atoms with E-state index in [4.69, 9.17) is 0 Å². The smallest absolute Gasteiger partial charge is 0.155 e. The van der Waals surface area contributed by atoms with Gasteiger partial charge in [0.2, 0.25) is 0 Å². The van der Waals surface area contributed by atoms with E-state index >= 15 is 0 Å². The van der Waals surface area contributed by atoms with Gasteiger partial charge in [0.05, 0.1) is 10.5 Å². The third kappa shape index (κ3) is 2.48. The number of sulfone groups is 1. The molecule has 0 radical (unpaired) electrons. The number of hydrogen-bond donors (Lipinski definition) is 1. The number of hydrogen-bond acceptors (Lipinski definition) is 3. The van der Waals surface area contributed by atoms with E-state index in [9.17, 15) is 8.42 Å². The summed E-state index contributed by atoms with van der Waals surface area (Å²) in [6.45, 7) is 3.58. The molecule has 2 aliphatic rings. The van der Waals surface area contributed by atoms with Crippen molar-refractivity contribution in [3.8, 4) is 0 Å². The lowest BCUT2D eigenvalue weighted by molar-refractivity contribution is 0.399. The highest BCUT2D eigenvalue weighted by molar-refractivity contribution is 7.92. The van der Waals surface area contributed by atoms with Gasteiger partial charge in [-0.1, -0.05) is 0 Å². The lowest BCUT2D eigenvalue weighted by Gasteiger charge is -2.29. The summed E-state index contributed by atoms with van der Waals surface area (Å²) in [5, 5.41) is 3.17. The minimum atomic E-state index is -2.87. The molecular weight excluding hydrogens is 234 g/mol. The zero-order valence-electron chi connectivity index (χ0n) is 9.27. The number of nitrogens with one attached hydrogen (secondary N) is 1. The lowest BCUT2D eigenvalue weighted by Crippen LogP contribution is -2.45. The van der Waals surface area contributed by atoms with Crippen molar-refractivity contribution in [1.82, 2.24) is 5.32 Å². The number of rotatable bonds is 2. The van der Waals surface area contributed by atoms with Crippen LogP contribution < -0.4 is 5.32 Å². The van der Waals surface area contributed by atoms with Crippen molar-refractivity contribution in [3.63, 3.8) is 0 Å². The average molecular weight is 254 g/mol. The van der Waals surface area contributed by atoms with Crippen LogP contribution in [0.4, 0.5) is 0 Å². The Bertz CT molecular complexity index is 303. The average Bonchev–Trinajstić information content (AvgIpc) is 2.45. The third-order valence-electron chi connectivity index (χ3n) is 3.55. The van der Waals surface area contributed by atoms with Gasteiger partial charge >= 0.3 is 0 Å². The largest absolute Gasteiger partial charge is 0.311 e. The second-order valence-corrected chi connectivity index (χ2v) is 7.66. The molecule has 2 atom stereocenters. The summed E-state index contributed by atoms with van der Waals surface area (Å²) >= 11 is 0. The highest BCUT2D eigenvalue weighted by Gasteiger charge is 2.40. The molecule has 2 fully saturated rings. The van der Waals surface area contributed by atoms with Crippen molar-refractivity contribution in [1.29, 1.82) is 0 Å². The van der Waals surface area contributed by atoms with Crippen LogP contribution in [0.5, 0.6) is 0 Å². The first-order chi connectivity index (χ1) is 6.50. The van der Waals surface area contributed by atoms with Gasteiger partial charge in [-0.05, 0) is 39.5 Å². The van der Waals surface area contributed by atoms with Crippen LogP contribution in [-0.2, 0) is 9.84 Å². The molecule has 2 bridgehead atoms. The second kappa shape index (κ2) is 4.60. The number of fused-ring (bicyclic) bond motifs is 2. The van der Waals surface area contributed by atoms with Crippen LogP contribution in [-0.4, -0.2) is 31.0 Å². The first-order valence-corrected chi connectivity index (χ1v) is 7.10. The van der Waals surface area contributed by atoms with Gasteiger partial charge in [0.25, 0.3) is 0 Å². The SMILES string of the molecule is CC(C)S(=O)(=O)C1CC2CCC(C1)N2.Cl. The van der Waals surface area contributed by atoms with E-state index in [1.165, 1.54) is 0 Å². The maximum absolute atomic E-state index is 12.0. The summed E-state index contributed by atoms with van der Waals surface area (Å²) in [6.07, 6.45) is 3.98. The fraction of sp³-hybridized carbons (Fsp3) is 1.00. The quantitative estimate of drug-likeness (QED) is 0.812. The molecule has 0 spiro atoms.